The Labute approximate surface area is 179 Å². The number of anilines is 2. The summed E-state index contributed by atoms with van der Waals surface area (Å²) in [7, 11) is 0. The third-order valence-corrected chi connectivity index (χ3v) is 6.69. The van der Waals surface area contributed by atoms with E-state index in [1.807, 2.05) is 31.0 Å². The highest BCUT2D eigenvalue weighted by Crippen LogP contribution is 2.30. The number of rotatable bonds is 4. The number of carbonyl (C=O) groups is 1. The molecule has 0 bridgehead atoms. The molecule has 1 fully saturated rings. The summed E-state index contributed by atoms with van der Waals surface area (Å²) in [4.78, 5) is 29.7. The van der Waals surface area contributed by atoms with Crippen molar-refractivity contribution >= 4 is 28.2 Å². The second kappa shape index (κ2) is 7.79. The molecule has 0 saturated carbocycles. The number of hydrogen-bond donors (Lipinski definition) is 2. The molecule has 5 rings (SSSR count). The minimum Gasteiger partial charge on any atom is -0.337 e. The summed E-state index contributed by atoms with van der Waals surface area (Å²) < 4.78 is 0. The summed E-state index contributed by atoms with van der Waals surface area (Å²) in [5.74, 6) is 1.70. The minimum atomic E-state index is 0.0410. The van der Waals surface area contributed by atoms with Crippen molar-refractivity contribution in [3.63, 3.8) is 0 Å². The molecule has 1 aliphatic heterocycles. The molecule has 3 aromatic rings. The lowest BCUT2D eigenvalue weighted by Gasteiger charge is -2.17. The molecule has 0 radical (unpaired) electrons. The summed E-state index contributed by atoms with van der Waals surface area (Å²) in [6.07, 6.45) is 6.97. The number of likely N-dealkylation sites (tertiary alicyclic amines) is 1. The van der Waals surface area contributed by atoms with Crippen molar-refractivity contribution in [2.24, 2.45) is 0 Å². The van der Waals surface area contributed by atoms with E-state index in [1.165, 1.54) is 6.42 Å². The molecule has 3 aromatic heterocycles. The first-order chi connectivity index (χ1) is 14.6. The van der Waals surface area contributed by atoms with Crippen LogP contribution in [0.25, 0.3) is 0 Å². The van der Waals surface area contributed by atoms with Crippen LogP contribution in [0.4, 0.5) is 10.9 Å². The van der Waals surface area contributed by atoms with Crippen LogP contribution in [0.3, 0.4) is 0 Å². The van der Waals surface area contributed by atoms with E-state index in [4.69, 9.17) is 0 Å². The van der Waals surface area contributed by atoms with E-state index in [-0.39, 0.29) is 11.8 Å². The van der Waals surface area contributed by atoms with Crippen LogP contribution in [0, 0.1) is 13.8 Å². The van der Waals surface area contributed by atoms with Crippen LogP contribution < -0.4 is 5.32 Å². The fourth-order valence-electron chi connectivity index (χ4n) is 4.38. The number of hydrogen-bond acceptors (Lipinski definition) is 7. The molecule has 1 unspecified atom stereocenters. The summed E-state index contributed by atoms with van der Waals surface area (Å²) in [6, 6.07) is 1.98. The zero-order chi connectivity index (χ0) is 20.7. The summed E-state index contributed by atoms with van der Waals surface area (Å²) in [5.41, 5.74) is 3.85. The SMILES string of the molecule is Cc1nc(Nc2ncc(C)s2)cc(C2CCN(C(=O)c3n[nH]c4c3CCCC4)C2)n1. The normalized spacial score (nSPS) is 18.5. The molecular weight excluding hydrogens is 398 g/mol. The predicted octanol–water partition coefficient (Wildman–Crippen LogP) is 3.53. The van der Waals surface area contributed by atoms with Gasteiger partial charge in [-0.3, -0.25) is 9.89 Å². The van der Waals surface area contributed by atoms with Crippen LogP contribution in [0.15, 0.2) is 12.3 Å². The zero-order valence-corrected chi connectivity index (χ0v) is 18.1. The molecule has 0 spiro atoms. The van der Waals surface area contributed by atoms with Crippen LogP contribution >= 0.6 is 11.3 Å². The molecule has 0 aromatic carbocycles. The number of carbonyl (C=O) groups excluding carboxylic acids is 1. The number of thiazole rings is 1. The van der Waals surface area contributed by atoms with Gasteiger partial charge in [-0.2, -0.15) is 5.10 Å². The average molecular weight is 424 g/mol. The van der Waals surface area contributed by atoms with E-state index in [0.29, 0.717) is 12.2 Å². The quantitative estimate of drug-likeness (QED) is 0.666. The maximum atomic E-state index is 13.1. The van der Waals surface area contributed by atoms with Crippen molar-refractivity contribution in [2.45, 2.75) is 51.9 Å². The number of aryl methyl sites for hydroxylation is 3. The highest BCUT2D eigenvalue weighted by molar-refractivity contribution is 7.15. The van der Waals surface area contributed by atoms with Gasteiger partial charge in [-0.25, -0.2) is 15.0 Å². The van der Waals surface area contributed by atoms with Crippen LogP contribution in [0.5, 0.6) is 0 Å². The molecule has 156 valence electrons. The fourth-order valence-corrected chi connectivity index (χ4v) is 5.05. The Morgan fingerprint density at radius 3 is 2.97 bits per heavy atom. The molecule has 2 aliphatic rings. The van der Waals surface area contributed by atoms with Gasteiger partial charge in [0.2, 0.25) is 0 Å². The minimum absolute atomic E-state index is 0.0410. The van der Waals surface area contributed by atoms with Gasteiger partial charge in [0.05, 0.1) is 5.69 Å². The topological polar surface area (TPSA) is 99.7 Å². The Hall–Kier alpha value is -2.81. The summed E-state index contributed by atoms with van der Waals surface area (Å²) in [6.45, 7) is 5.31. The Morgan fingerprint density at radius 1 is 1.27 bits per heavy atom. The first kappa shape index (κ1) is 19.2. The molecule has 4 heterocycles. The molecule has 8 nitrogen and oxygen atoms in total. The van der Waals surface area contributed by atoms with Crippen molar-refractivity contribution in [3.8, 4) is 0 Å². The first-order valence-electron chi connectivity index (χ1n) is 10.5. The molecule has 1 atom stereocenters. The first-order valence-corrected chi connectivity index (χ1v) is 11.3. The van der Waals surface area contributed by atoms with Gasteiger partial charge in [0.25, 0.3) is 5.91 Å². The van der Waals surface area contributed by atoms with Crippen molar-refractivity contribution in [1.82, 2.24) is 30.0 Å². The molecule has 30 heavy (non-hydrogen) atoms. The number of amides is 1. The van der Waals surface area contributed by atoms with Gasteiger partial charge in [0, 0.05) is 47.4 Å². The van der Waals surface area contributed by atoms with Gasteiger partial charge >= 0.3 is 0 Å². The van der Waals surface area contributed by atoms with E-state index >= 15 is 0 Å². The molecular formula is C21H25N7OS. The van der Waals surface area contributed by atoms with E-state index in [2.05, 4.69) is 30.5 Å². The lowest BCUT2D eigenvalue weighted by Crippen LogP contribution is -2.30. The van der Waals surface area contributed by atoms with E-state index in [1.54, 1.807) is 11.3 Å². The van der Waals surface area contributed by atoms with E-state index < -0.39 is 0 Å². The lowest BCUT2D eigenvalue weighted by atomic mass is 9.95. The van der Waals surface area contributed by atoms with Crippen molar-refractivity contribution < 1.29 is 4.79 Å². The summed E-state index contributed by atoms with van der Waals surface area (Å²) >= 11 is 1.60. The van der Waals surface area contributed by atoms with Gasteiger partial charge in [0.15, 0.2) is 10.8 Å². The van der Waals surface area contributed by atoms with Crippen LogP contribution in [-0.2, 0) is 12.8 Å². The zero-order valence-electron chi connectivity index (χ0n) is 17.2. The average Bonchev–Trinajstić information content (AvgIpc) is 3.46. The van der Waals surface area contributed by atoms with Gasteiger partial charge in [-0.1, -0.05) is 0 Å². The Bertz CT molecular complexity index is 1090. The molecule has 1 saturated heterocycles. The number of fused-ring (bicyclic) bond motifs is 1. The fraction of sp³-hybridized carbons (Fsp3) is 0.476. The van der Waals surface area contributed by atoms with Gasteiger partial charge < -0.3 is 10.2 Å². The van der Waals surface area contributed by atoms with Gasteiger partial charge in [-0.05, 0) is 46.0 Å². The van der Waals surface area contributed by atoms with E-state index in [0.717, 1.165) is 70.8 Å². The molecule has 1 aliphatic carbocycles. The predicted molar refractivity (Wildman–Crippen MR) is 115 cm³/mol. The Morgan fingerprint density at radius 2 is 2.13 bits per heavy atom. The maximum absolute atomic E-state index is 13.1. The van der Waals surface area contributed by atoms with Crippen LogP contribution in [0.2, 0.25) is 0 Å². The molecule has 1 amide bonds. The standard InChI is InChI=1S/C21H25N7OS/c1-12-10-22-21(30-12)25-18-9-17(23-13(2)24-18)14-7-8-28(11-14)20(29)19-15-5-3-4-6-16(15)26-27-19/h9-10,14H,3-8,11H2,1-2H3,(H,26,27)(H,22,23,24,25). The van der Waals surface area contributed by atoms with Gasteiger partial charge in [-0.15, -0.1) is 11.3 Å². The largest absolute Gasteiger partial charge is 0.337 e. The molecule has 9 heteroatoms. The monoisotopic (exact) mass is 423 g/mol. The highest BCUT2D eigenvalue weighted by Gasteiger charge is 2.32. The summed E-state index contributed by atoms with van der Waals surface area (Å²) in [5, 5.41) is 11.5. The molecule has 2 N–H and O–H groups in total. The number of nitrogens with zero attached hydrogens (tertiary/aromatic N) is 5. The third kappa shape index (κ3) is 3.69. The van der Waals surface area contributed by atoms with Crippen LogP contribution in [-0.4, -0.2) is 49.0 Å². The second-order valence-corrected chi connectivity index (χ2v) is 9.33. The van der Waals surface area contributed by atoms with Crippen molar-refractivity contribution in [2.75, 3.05) is 18.4 Å². The lowest BCUT2D eigenvalue weighted by molar-refractivity contribution is 0.0783. The highest BCUT2D eigenvalue weighted by atomic mass is 32.1. The van der Waals surface area contributed by atoms with Crippen LogP contribution in [0.1, 0.15) is 63.3 Å². The number of nitrogens with one attached hydrogen (secondary N) is 2. The Kier molecular flexibility index (Phi) is 4.98. The Balaban J connectivity index is 1.32. The van der Waals surface area contributed by atoms with Crippen molar-refractivity contribution in [3.05, 3.63) is 45.6 Å². The number of aromatic amines is 1. The third-order valence-electron chi connectivity index (χ3n) is 5.87. The van der Waals surface area contributed by atoms with Crippen molar-refractivity contribution in [1.29, 1.82) is 0 Å². The maximum Gasteiger partial charge on any atom is 0.274 e. The smallest absolute Gasteiger partial charge is 0.274 e. The van der Waals surface area contributed by atoms with Gasteiger partial charge in [0.1, 0.15) is 11.6 Å². The van der Waals surface area contributed by atoms with E-state index in [9.17, 15) is 4.79 Å². The number of H-pyrrole nitrogens is 1. The second-order valence-electron chi connectivity index (χ2n) is 8.10. The number of aromatic nitrogens is 5.